The maximum absolute atomic E-state index is 11.9. The number of hydrogen-bond acceptors (Lipinski definition) is 4. The van der Waals surface area contributed by atoms with E-state index in [2.05, 4.69) is 21.9 Å². The monoisotopic (exact) mass is 297 g/mol. The van der Waals surface area contributed by atoms with Gasteiger partial charge >= 0.3 is 5.69 Å². The molecule has 20 heavy (non-hydrogen) atoms. The Morgan fingerprint density at radius 1 is 1.20 bits per heavy atom. The Hall–Kier alpha value is -1.56. The van der Waals surface area contributed by atoms with Crippen LogP contribution in [0.3, 0.4) is 0 Å². The molecule has 2 aromatic rings. The van der Waals surface area contributed by atoms with Crippen molar-refractivity contribution in [2.24, 2.45) is 0 Å². The second-order valence-corrected chi connectivity index (χ2v) is 5.28. The van der Waals surface area contributed by atoms with Crippen molar-refractivity contribution in [3.63, 3.8) is 0 Å². The molecule has 0 aromatic carbocycles. The van der Waals surface area contributed by atoms with E-state index >= 15 is 0 Å². The SMILES string of the molecule is CCCCCCCCn1c(=O)[nH]c2c(Cl)nc(N)nc21. The average molecular weight is 298 g/mol. The molecule has 0 saturated heterocycles. The van der Waals surface area contributed by atoms with Gasteiger partial charge in [-0.25, -0.2) is 4.79 Å². The van der Waals surface area contributed by atoms with Crippen molar-refractivity contribution >= 4 is 28.7 Å². The van der Waals surface area contributed by atoms with Gasteiger partial charge in [0.05, 0.1) is 0 Å². The summed E-state index contributed by atoms with van der Waals surface area (Å²) in [5, 5.41) is 0.186. The molecule has 0 aliphatic rings. The highest BCUT2D eigenvalue weighted by Crippen LogP contribution is 2.18. The number of nitrogens with zero attached hydrogens (tertiary/aromatic N) is 3. The number of nitrogens with two attached hydrogens (primary N) is 1. The summed E-state index contributed by atoms with van der Waals surface area (Å²) in [5.41, 5.74) is 6.31. The topological polar surface area (TPSA) is 89.6 Å². The average Bonchev–Trinajstić information content (AvgIpc) is 2.71. The summed E-state index contributed by atoms with van der Waals surface area (Å²) in [6.07, 6.45) is 7.00. The van der Waals surface area contributed by atoms with E-state index < -0.39 is 0 Å². The molecule has 0 aliphatic carbocycles. The van der Waals surface area contributed by atoms with Crippen molar-refractivity contribution in [2.75, 3.05) is 5.73 Å². The van der Waals surface area contributed by atoms with E-state index in [0.717, 1.165) is 12.8 Å². The molecule has 0 aliphatic heterocycles. The number of aromatic amines is 1. The maximum atomic E-state index is 11.9. The molecule has 0 radical (unpaired) electrons. The lowest BCUT2D eigenvalue weighted by Gasteiger charge is -2.03. The van der Waals surface area contributed by atoms with E-state index in [9.17, 15) is 4.79 Å². The molecule has 110 valence electrons. The lowest BCUT2D eigenvalue weighted by Crippen LogP contribution is -2.17. The van der Waals surface area contributed by atoms with Crippen LogP contribution in [0.4, 0.5) is 5.95 Å². The van der Waals surface area contributed by atoms with Gasteiger partial charge in [-0.1, -0.05) is 50.6 Å². The van der Waals surface area contributed by atoms with Crippen LogP contribution in [-0.4, -0.2) is 19.5 Å². The molecule has 0 atom stereocenters. The van der Waals surface area contributed by atoms with Gasteiger partial charge in [0, 0.05) is 6.54 Å². The van der Waals surface area contributed by atoms with E-state index in [1.54, 1.807) is 4.57 Å². The molecule has 0 unspecified atom stereocenters. The number of hydrogen-bond donors (Lipinski definition) is 2. The largest absolute Gasteiger partial charge is 0.368 e. The van der Waals surface area contributed by atoms with Crippen LogP contribution >= 0.6 is 11.6 Å². The molecule has 7 heteroatoms. The molecule has 6 nitrogen and oxygen atoms in total. The minimum Gasteiger partial charge on any atom is -0.368 e. The van der Waals surface area contributed by atoms with Gasteiger partial charge in [-0.05, 0) is 6.42 Å². The van der Waals surface area contributed by atoms with Crippen LogP contribution in [0.2, 0.25) is 5.15 Å². The Balaban J connectivity index is 2.06. The lowest BCUT2D eigenvalue weighted by atomic mass is 10.1. The minimum absolute atomic E-state index is 0.0817. The Kier molecular flexibility index (Phi) is 5.00. The number of rotatable bonds is 7. The molecule has 0 amide bonds. The van der Waals surface area contributed by atoms with Gasteiger partial charge in [-0.3, -0.25) is 4.57 Å². The van der Waals surface area contributed by atoms with Gasteiger partial charge in [-0.2, -0.15) is 9.97 Å². The first-order valence-corrected chi connectivity index (χ1v) is 7.42. The number of imidazole rings is 1. The van der Waals surface area contributed by atoms with Crippen LogP contribution in [0.15, 0.2) is 4.79 Å². The standard InChI is InChI=1S/C13H20ClN5O/c1-2-3-4-5-6-7-8-19-11-9(16-13(19)20)10(14)17-12(15)18-11/h2-8H2,1H3,(H,16,20)(H2,15,17,18). The number of nitrogen functional groups attached to an aromatic ring is 1. The highest BCUT2D eigenvalue weighted by Gasteiger charge is 2.12. The molecule has 2 heterocycles. The highest BCUT2D eigenvalue weighted by molar-refractivity contribution is 6.33. The van der Waals surface area contributed by atoms with E-state index in [1.165, 1.54) is 25.7 Å². The summed E-state index contributed by atoms with van der Waals surface area (Å²) in [5.74, 6) is 0.0817. The predicted molar refractivity (Wildman–Crippen MR) is 80.9 cm³/mol. The van der Waals surface area contributed by atoms with Gasteiger partial charge in [-0.15, -0.1) is 0 Å². The van der Waals surface area contributed by atoms with E-state index in [-0.39, 0.29) is 16.8 Å². The number of fused-ring (bicyclic) bond motifs is 1. The Bertz CT molecular complexity index is 633. The number of anilines is 1. The van der Waals surface area contributed by atoms with Crippen molar-refractivity contribution in [3.05, 3.63) is 15.6 Å². The third-order valence-electron chi connectivity index (χ3n) is 3.33. The Morgan fingerprint density at radius 3 is 2.65 bits per heavy atom. The summed E-state index contributed by atoms with van der Waals surface area (Å²) in [7, 11) is 0. The van der Waals surface area contributed by atoms with Crippen molar-refractivity contribution in [3.8, 4) is 0 Å². The molecule has 2 aromatic heterocycles. The fourth-order valence-electron chi connectivity index (χ4n) is 2.27. The molecule has 0 fully saturated rings. The molecule has 3 N–H and O–H groups in total. The maximum Gasteiger partial charge on any atom is 0.327 e. The van der Waals surface area contributed by atoms with Crippen molar-refractivity contribution < 1.29 is 0 Å². The van der Waals surface area contributed by atoms with Gasteiger partial charge < -0.3 is 10.7 Å². The van der Waals surface area contributed by atoms with Crippen LogP contribution in [0, 0.1) is 0 Å². The zero-order valence-electron chi connectivity index (χ0n) is 11.7. The van der Waals surface area contributed by atoms with Gasteiger partial charge in [0.15, 0.2) is 10.8 Å². The number of aromatic nitrogens is 4. The van der Waals surface area contributed by atoms with Gasteiger partial charge in [0.2, 0.25) is 5.95 Å². The smallest absolute Gasteiger partial charge is 0.327 e. The number of H-pyrrole nitrogens is 1. The zero-order chi connectivity index (χ0) is 14.5. The summed E-state index contributed by atoms with van der Waals surface area (Å²) < 4.78 is 1.58. The second kappa shape index (κ2) is 6.74. The summed E-state index contributed by atoms with van der Waals surface area (Å²) in [6.45, 7) is 2.82. The fraction of sp³-hybridized carbons (Fsp3) is 0.615. The summed E-state index contributed by atoms with van der Waals surface area (Å²) in [6, 6.07) is 0. The zero-order valence-corrected chi connectivity index (χ0v) is 12.4. The molecule has 0 bridgehead atoms. The molecule has 0 saturated carbocycles. The van der Waals surface area contributed by atoms with Crippen molar-refractivity contribution in [1.82, 2.24) is 19.5 Å². The highest BCUT2D eigenvalue weighted by atomic mass is 35.5. The number of unbranched alkanes of at least 4 members (excludes halogenated alkanes) is 5. The third-order valence-corrected chi connectivity index (χ3v) is 3.60. The van der Waals surface area contributed by atoms with E-state index in [1.807, 2.05) is 0 Å². The first-order chi connectivity index (χ1) is 9.63. The second-order valence-electron chi connectivity index (χ2n) is 4.92. The third kappa shape index (κ3) is 3.30. The van der Waals surface area contributed by atoms with E-state index in [0.29, 0.717) is 17.7 Å². The molecule has 0 spiro atoms. The first-order valence-electron chi connectivity index (χ1n) is 7.05. The Morgan fingerprint density at radius 2 is 1.90 bits per heavy atom. The van der Waals surface area contributed by atoms with Crippen molar-refractivity contribution in [2.45, 2.75) is 52.0 Å². The quantitative estimate of drug-likeness (QED) is 0.607. The number of nitrogens with one attached hydrogen (secondary N) is 1. The van der Waals surface area contributed by atoms with Crippen LogP contribution in [0.1, 0.15) is 45.4 Å². The molecular formula is C13H20ClN5O. The van der Waals surface area contributed by atoms with Crippen LogP contribution in [-0.2, 0) is 6.54 Å². The van der Waals surface area contributed by atoms with Crippen LogP contribution < -0.4 is 11.4 Å². The van der Waals surface area contributed by atoms with E-state index in [4.69, 9.17) is 17.3 Å². The normalized spacial score (nSPS) is 11.3. The minimum atomic E-state index is -0.213. The number of halogens is 1. The first kappa shape index (κ1) is 14.8. The van der Waals surface area contributed by atoms with Crippen LogP contribution in [0.5, 0.6) is 0 Å². The van der Waals surface area contributed by atoms with Gasteiger partial charge in [0.1, 0.15) is 5.52 Å². The van der Waals surface area contributed by atoms with Gasteiger partial charge in [0.25, 0.3) is 0 Å². The molecular weight excluding hydrogens is 278 g/mol. The fourth-order valence-corrected chi connectivity index (χ4v) is 2.49. The van der Waals surface area contributed by atoms with Crippen LogP contribution in [0.25, 0.3) is 11.2 Å². The summed E-state index contributed by atoms with van der Waals surface area (Å²) >= 11 is 5.95. The summed E-state index contributed by atoms with van der Waals surface area (Å²) in [4.78, 5) is 22.5. The Labute approximate surface area is 122 Å². The lowest BCUT2D eigenvalue weighted by molar-refractivity contribution is 0.556. The predicted octanol–water partition coefficient (Wildman–Crippen LogP) is 2.72. The van der Waals surface area contributed by atoms with Crippen molar-refractivity contribution in [1.29, 1.82) is 0 Å². The number of aryl methyl sites for hydroxylation is 1. The molecule has 2 rings (SSSR count).